The molecule has 0 bridgehead atoms. The molecule has 3 rings (SSSR count). The molecule has 7 heteroatoms. The highest BCUT2D eigenvalue weighted by Gasteiger charge is 2.37. The number of hydrogen-bond acceptors (Lipinski definition) is 3. The Morgan fingerprint density at radius 3 is 2.42 bits per heavy atom. The van der Waals surface area contributed by atoms with Crippen LogP contribution < -0.4 is 10.2 Å². The molecule has 3 fully saturated rings. The number of piperazine rings is 1. The number of nitrogens with zero attached hydrogens (tertiary/aromatic N) is 1. The fourth-order valence-electron chi connectivity index (χ4n) is 3.02. The molecule has 108 valence electrons. The first-order valence-corrected chi connectivity index (χ1v) is 9.37. The van der Waals surface area contributed by atoms with E-state index in [1.54, 1.807) is 0 Å². The van der Waals surface area contributed by atoms with E-state index in [2.05, 4.69) is 10.2 Å². The van der Waals surface area contributed by atoms with Gasteiger partial charge in [-0.25, -0.2) is 8.42 Å². The van der Waals surface area contributed by atoms with Gasteiger partial charge in [0.1, 0.15) is 11.8 Å². The van der Waals surface area contributed by atoms with Gasteiger partial charge in [-0.2, -0.15) is 0 Å². The molecule has 0 unspecified atom stereocenters. The summed E-state index contributed by atoms with van der Waals surface area (Å²) in [7, 11) is -2.75. The Bertz CT molecular complexity index is 454. The van der Waals surface area contributed by atoms with Crippen LogP contribution in [0.3, 0.4) is 0 Å². The maximum atomic E-state index is 11.5. The standard InChI is InChI=1S/C12H21N3O2S2/c16-19(17)8-3-11(9-19)14-4-6-15(7-5-14)12(18)13-10-1-2-10/h10-11H,1-9H2,(H,13,18)/p+1/t11-/m1/s1. The second-order valence-corrected chi connectivity index (χ2v) is 8.58. The molecule has 0 aromatic rings. The lowest BCUT2D eigenvalue weighted by Crippen LogP contribution is -3.18. The van der Waals surface area contributed by atoms with Gasteiger partial charge in [-0.3, -0.25) is 0 Å². The highest BCUT2D eigenvalue weighted by molar-refractivity contribution is 7.91. The fourth-order valence-corrected chi connectivity index (χ4v) is 5.19. The third kappa shape index (κ3) is 3.38. The van der Waals surface area contributed by atoms with Crippen LogP contribution in [0.25, 0.3) is 0 Å². The molecule has 19 heavy (non-hydrogen) atoms. The maximum absolute atomic E-state index is 11.5. The lowest BCUT2D eigenvalue weighted by molar-refractivity contribution is -0.925. The molecule has 0 aromatic carbocycles. The minimum absolute atomic E-state index is 0.317. The van der Waals surface area contributed by atoms with Crippen molar-refractivity contribution in [1.82, 2.24) is 10.2 Å². The molecule has 1 atom stereocenters. The lowest BCUT2D eigenvalue weighted by Gasteiger charge is -2.36. The predicted octanol–water partition coefficient (Wildman–Crippen LogP) is -1.59. The van der Waals surface area contributed by atoms with Crippen molar-refractivity contribution >= 4 is 27.2 Å². The Morgan fingerprint density at radius 1 is 1.21 bits per heavy atom. The molecule has 2 saturated heterocycles. The lowest BCUT2D eigenvalue weighted by atomic mass is 10.2. The van der Waals surface area contributed by atoms with Crippen molar-refractivity contribution in [1.29, 1.82) is 0 Å². The fraction of sp³-hybridized carbons (Fsp3) is 0.917. The van der Waals surface area contributed by atoms with Gasteiger partial charge < -0.3 is 15.1 Å². The van der Waals surface area contributed by atoms with E-state index in [1.165, 1.54) is 17.7 Å². The van der Waals surface area contributed by atoms with Crippen molar-refractivity contribution in [2.45, 2.75) is 31.3 Å². The van der Waals surface area contributed by atoms with Crippen molar-refractivity contribution in [3.8, 4) is 0 Å². The van der Waals surface area contributed by atoms with Crippen molar-refractivity contribution in [2.75, 3.05) is 37.7 Å². The minimum Gasteiger partial charge on any atom is -0.360 e. The number of hydrogen-bond donors (Lipinski definition) is 2. The molecular formula is C12H22N3O2S2+. The Labute approximate surface area is 120 Å². The smallest absolute Gasteiger partial charge is 0.169 e. The Morgan fingerprint density at radius 2 is 1.89 bits per heavy atom. The largest absolute Gasteiger partial charge is 0.360 e. The first kappa shape index (κ1) is 13.6. The monoisotopic (exact) mass is 304 g/mol. The van der Waals surface area contributed by atoms with Crippen LogP contribution in [0, 0.1) is 0 Å². The molecule has 2 N–H and O–H groups in total. The molecule has 3 aliphatic rings. The topological polar surface area (TPSA) is 53.9 Å². The average Bonchev–Trinajstić information content (AvgIpc) is 3.11. The molecule has 2 heterocycles. The molecule has 0 radical (unpaired) electrons. The third-order valence-electron chi connectivity index (χ3n) is 4.41. The van der Waals surface area contributed by atoms with E-state index in [0.717, 1.165) is 37.7 Å². The van der Waals surface area contributed by atoms with Crippen molar-refractivity contribution in [3.63, 3.8) is 0 Å². The van der Waals surface area contributed by atoms with Gasteiger partial charge in [0.2, 0.25) is 0 Å². The second-order valence-electron chi connectivity index (χ2n) is 5.97. The summed E-state index contributed by atoms with van der Waals surface area (Å²) in [4.78, 5) is 3.69. The number of nitrogens with one attached hydrogen (secondary N) is 2. The zero-order valence-corrected chi connectivity index (χ0v) is 12.7. The summed E-state index contributed by atoms with van der Waals surface area (Å²) in [6, 6.07) is 0.926. The van der Waals surface area contributed by atoms with E-state index < -0.39 is 9.84 Å². The normalized spacial score (nSPS) is 31.4. The van der Waals surface area contributed by atoms with Gasteiger partial charge in [0.15, 0.2) is 14.9 Å². The van der Waals surface area contributed by atoms with Crippen molar-refractivity contribution < 1.29 is 13.3 Å². The average molecular weight is 304 g/mol. The van der Waals surface area contributed by atoms with Crippen molar-refractivity contribution in [3.05, 3.63) is 0 Å². The maximum Gasteiger partial charge on any atom is 0.169 e. The molecular weight excluding hydrogens is 282 g/mol. The molecule has 1 saturated carbocycles. The Kier molecular flexibility index (Phi) is 3.70. The zero-order chi connectivity index (χ0) is 13.5. The van der Waals surface area contributed by atoms with E-state index in [1.807, 2.05) is 0 Å². The molecule has 0 aromatic heterocycles. The summed E-state index contributed by atoms with van der Waals surface area (Å²) in [5.41, 5.74) is 0. The molecule has 0 spiro atoms. The third-order valence-corrected chi connectivity index (χ3v) is 6.55. The van der Waals surface area contributed by atoms with Crippen LogP contribution in [-0.2, 0) is 9.84 Å². The van der Waals surface area contributed by atoms with Crippen LogP contribution in [0.4, 0.5) is 0 Å². The number of sulfone groups is 1. The van der Waals surface area contributed by atoms with Gasteiger partial charge in [0, 0.05) is 12.5 Å². The number of thiocarbonyl (C=S) groups is 1. The molecule has 0 amide bonds. The van der Waals surface area contributed by atoms with E-state index >= 15 is 0 Å². The highest BCUT2D eigenvalue weighted by Crippen LogP contribution is 2.19. The number of rotatable bonds is 2. The SMILES string of the molecule is O=S1(=O)CC[C@@H]([NH+]2CCN(C(=S)NC3CC3)CC2)C1. The van der Waals surface area contributed by atoms with E-state index in [-0.39, 0.29) is 0 Å². The first-order chi connectivity index (χ1) is 9.03. The summed E-state index contributed by atoms with van der Waals surface area (Å²) < 4.78 is 23.1. The summed E-state index contributed by atoms with van der Waals surface area (Å²) in [6.45, 7) is 3.91. The summed E-state index contributed by atoms with van der Waals surface area (Å²) in [5.74, 6) is 0.764. The molecule has 1 aliphatic carbocycles. The van der Waals surface area contributed by atoms with Gasteiger partial charge in [0.25, 0.3) is 0 Å². The highest BCUT2D eigenvalue weighted by atomic mass is 32.2. The van der Waals surface area contributed by atoms with E-state index in [9.17, 15) is 8.42 Å². The Hall–Kier alpha value is -0.400. The quantitative estimate of drug-likeness (QED) is 0.603. The van der Waals surface area contributed by atoms with Crippen LogP contribution in [0.5, 0.6) is 0 Å². The summed E-state index contributed by atoms with van der Waals surface area (Å²) >= 11 is 5.41. The van der Waals surface area contributed by atoms with E-state index in [0.29, 0.717) is 23.6 Å². The van der Waals surface area contributed by atoms with Crippen LogP contribution in [-0.4, -0.2) is 68.2 Å². The summed E-state index contributed by atoms with van der Waals surface area (Å²) in [6.07, 6.45) is 3.32. The zero-order valence-electron chi connectivity index (χ0n) is 11.1. The van der Waals surface area contributed by atoms with Crippen LogP contribution >= 0.6 is 12.2 Å². The Balaban J connectivity index is 1.47. The van der Waals surface area contributed by atoms with Crippen LogP contribution in [0.2, 0.25) is 0 Å². The van der Waals surface area contributed by atoms with Crippen molar-refractivity contribution in [2.24, 2.45) is 0 Å². The van der Waals surface area contributed by atoms with Crippen LogP contribution in [0.15, 0.2) is 0 Å². The van der Waals surface area contributed by atoms with Gasteiger partial charge >= 0.3 is 0 Å². The predicted molar refractivity (Wildman–Crippen MR) is 78.1 cm³/mol. The molecule has 2 aliphatic heterocycles. The van der Waals surface area contributed by atoms with E-state index in [4.69, 9.17) is 12.2 Å². The number of quaternary nitrogens is 1. The second kappa shape index (κ2) is 5.18. The summed E-state index contributed by atoms with van der Waals surface area (Å²) in [5, 5.41) is 4.26. The van der Waals surface area contributed by atoms with Crippen LogP contribution in [0.1, 0.15) is 19.3 Å². The minimum atomic E-state index is -2.75. The molecule has 5 nitrogen and oxygen atoms in total. The first-order valence-electron chi connectivity index (χ1n) is 7.14. The van der Waals surface area contributed by atoms with Gasteiger partial charge in [-0.1, -0.05) is 0 Å². The van der Waals surface area contributed by atoms with Gasteiger partial charge in [-0.15, -0.1) is 0 Å². The van der Waals surface area contributed by atoms with Gasteiger partial charge in [-0.05, 0) is 25.1 Å². The van der Waals surface area contributed by atoms with Gasteiger partial charge in [0.05, 0.1) is 31.9 Å².